The molecular formula is C29H29F3N8O2. The number of nitrogens with zero attached hydrogens (tertiary/aromatic N) is 6. The molecule has 5 rings (SSSR count). The Hall–Kier alpha value is -4.70. The van der Waals surface area contributed by atoms with Gasteiger partial charge in [-0.1, -0.05) is 6.08 Å². The molecule has 0 radical (unpaired) electrons. The molecule has 3 aromatic rings. The lowest BCUT2D eigenvalue weighted by Crippen LogP contribution is -2.50. The molecule has 1 amide bonds. The van der Waals surface area contributed by atoms with Gasteiger partial charge in [0.15, 0.2) is 0 Å². The number of anilines is 3. The predicted molar refractivity (Wildman–Crippen MR) is 152 cm³/mol. The number of nitriles is 1. The summed E-state index contributed by atoms with van der Waals surface area (Å²) >= 11 is 0. The summed E-state index contributed by atoms with van der Waals surface area (Å²) in [6.45, 7) is 4.75. The van der Waals surface area contributed by atoms with Crippen molar-refractivity contribution < 1.29 is 18.0 Å². The topological polar surface area (TPSA) is 121 Å². The van der Waals surface area contributed by atoms with Crippen molar-refractivity contribution in [1.29, 1.82) is 5.26 Å². The Morgan fingerprint density at radius 2 is 2.02 bits per heavy atom. The van der Waals surface area contributed by atoms with E-state index < -0.39 is 29.3 Å². The molecule has 0 aliphatic carbocycles. The van der Waals surface area contributed by atoms with Crippen LogP contribution in [0.25, 0.3) is 5.57 Å². The molecule has 2 aliphatic rings. The van der Waals surface area contributed by atoms with Crippen molar-refractivity contribution in [3.63, 3.8) is 0 Å². The Morgan fingerprint density at radius 1 is 1.21 bits per heavy atom. The van der Waals surface area contributed by atoms with Crippen LogP contribution in [0.4, 0.5) is 30.4 Å². The van der Waals surface area contributed by atoms with E-state index in [1.54, 1.807) is 6.07 Å². The van der Waals surface area contributed by atoms with Gasteiger partial charge in [0.05, 0.1) is 16.9 Å². The number of hydrogen-bond acceptors (Lipinski definition) is 8. The normalized spacial score (nSPS) is 17.6. The fourth-order valence-corrected chi connectivity index (χ4v) is 5.21. The van der Waals surface area contributed by atoms with Crippen LogP contribution in [0.15, 0.2) is 47.5 Å². The first-order valence-electron chi connectivity index (χ1n) is 13.4. The molecule has 1 unspecified atom stereocenters. The van der Waals surface area contributed by atoms with Gasteiger partial charge in [-0.05, 0) is 44.2 Å². The number of alkyl halides is 2. The first-order chi connectivity index (χ1) is 20.1. The molecule has 13 heteroatoms. The first-order valence-corrected chi connectivity index (χ1v) is 13.4. The van der Waals surface area contributed by atoms with E-state index >= 15 is 4.39 Å². The molecule has 0 saturated carbocycles. The summed E-state index contributed by atoms with van der Waals surface area (Å²) < 4.78 is 43.3. The number of likely N-dealkylation sites (N-methyl/N-ethyl adjacent to an activating group) is 1. The van der Waals surface area contributed by atoms with Crippen LogP contribution in [-0.2, 0) is 0 Å². The van der Waals surface area contributed by atoms with Crippen LogP contribution in [0.5, 0.6) is 0 Å². The predicted octanol–water partition coefficient (Wildman–Crippen LogP) is 3.80. The van der Waals surface area contributed by atoms with Gasteiger partial charge in [0.1, 0.15) is 17.7 Å². The van der Waals surface area contributed by atoms with Crippen molar-refractivity contribution in [1.82, 2.24) is 19.9 Å². The number of amides is 1. The highest BCUT2D eigenvalue weighted by Gasteiger charge is 2.27. The monoisotopic (exact) mass is 578 g/mol. The second-order valence-electron chi connectivity index (χ2n) is 10.3. The van der Waals surface area contributed by atoms with Gasteiger partial charge >= 0.3 is 0 Å². The number of piperazine rings is 1. The molecule has 2 aromatic heterocycles. The van der Waals surface area contributed by atoms with Gasteiger partial charge in [-0.15, -0.1) is 0 Å². The van der Waals surface area contributed by atoms with Crippen LogP contribution in [-0.4, -0.2) is 71.6 Å². The van der Waals surface area contributed by atoms with Crippen LogP contribution in [0.3, 0.4) is 0 Å². The fourth-order valence-electron chi connectivity index (χ4n) is 5.21. The fraction of sp³-hybridized carbons (Fsp3) is 0.345. The minimum atomic E-state index is -3.04. The van der Waals surface area contributed by atoms with Crippen molar-refractivity contribution >= 4 is 28.7 Å². The van der Waals surface area contributed by atoms with Crippen LogP contribution in [0, 0.1) is 17.1 Å². The molecule has 0 spiro atoms. The third-order valence-electron chi connectivity index (χ3n) is 7.63. The van der Waals surface area contributed by atoms with Crippen LogP contribution >= 0.6 is 0 Å². The average molecular weight is 579 g/mol. The van der Waals surface area contributed by atoms with Gasteiger partial charge in [-0.2, -0.15) is 5.26 Å². The van der Waals surface area contributed by atoms with E-state index in [0.717, 1.165) is 6.20 Å². The van der Waals surface area contributed by atoms with Crippen molar-refractivity contribution in [2.75, 3.05) is 54.9 Å². The van der Waals surface area contributed by atoms with E-state index in [2.05, 4.69) is 25.2 Å². The van der Waals surface area contributed by atoms with Crippen LogP contribution in [0.1, 0.15) is 47.1 Å². The minimum Gasteiger partial charge on any atom is -0.367 e. The lowest BCUT2D eigenvalue weighted by molar-refractivity contribution is 0.101. The van der Waals surface area contributed by atoms with Gasteiger partial charge in [0, 0.05) is 68.4 Å². The number of carbonyl (C=O) groups is 1. The smallest absolute Gasteiger partial charge is 0.264 e. The average Bonchev–Trinajstić information content (AvgIpc) is 2.99. The van der Waals surface area contributed by atoms with Crippen molar-refractivity contribution in [3.8, 4) is 6.07 Å². The molecule has 42 heavy (non-hydrogen) atoms. The number of H-pyrrole nitrogens is 1. The standard InChI is InChI=1S/C29H29F3N8O2/c1-17-15-39(9-8-38(17)2)24-12-22(30)19(18-4-3-7-40(16-18)26-5-6-34-25(13-33)37-26)10-23(24)36-29(42)21-14-35-27(41)11-20(21)28(31)32/h4-6,10-12,14,17,28H,3,7-9,15-16H2,1-2H3,(H,35,41)(H,36,42). The molecule has 1 aromatic carbocycles. The maximum Gasteiger partial charge on any atom is 0.264 e. The molecule has 1 saturated heterocycles. The molecule has 1 atom stereocenters. The van der Waals surface area contributed by atoms with Crippen molar-refractivity contribution in [3.05, 3.63) is 81.4 Å². The molecular weight excluding hydrogens is 549 g/mol. The Morgan fingerprint density at radius 3 is 2.76 bits per heavy atom. The maximum atomic E-state index is 15.8. The van der Waals surface area contributed by atoms with Crippen molar-refractivity contribution in [2.45, 2.75) is 25.8 Å². The minimum absolute atomic E-state index is 0.0240. The highest BCUT2D eigenvalue weighted by atomic mass is 19.3. The van der Waals surface area contributed by atoms with Gasteiger partial charge in [-0.25, -0.2) is 23.1 Å². The lowest BCUT2D eigenvalue weighted by atomic mass is 9.98. The maximum absolute atomic E-state index is 15.8. The number of hydrogen-bond donors (Lipinski definition) is 2. The number of nitrogens with one attached hydrogen (secondary N) is 2. The molecule has 2 N–H and O–H groups in total. The second kappa shape index (κ2) is 12.0. The zero-order valence-corrected chi connectivity index (χ0v) is 23.1. The van der Waals surface area contributed by atoms with Crippen LogP contribution in [0.2, 0.25) is 0 Å². The van der Waals surface area contributed by atoms with E-state index in [4.69, 9.17) is 0 Å². The zero-order chi connectivity index (χ0) is 30.0. The van der Waals surface area contributed by atoms with Crippen molar-refractivity contribution in [2.24, 2.45) is 0 Å². The third-order valence-corrected chi connectivity index (χ3v) is 7.63. The highest BCUT2D eigenvalue weighted by molar-refractivity contribution is 6.07. The Labute approximate surface area is 240 Å². The van der Waals surface area contributed by atoms with Gasteiger partial charge in [0.25, 0.3) is 12.3 Å². The van der Waals surface area contributed by atoms with Gasteiger partial charge in [0.2, 0.25) is 11.4 Å². The summed E-state index contributed by atoms with van der Waals surface area (Å²) in [5.41, 5.74) is -0.263. The molecule has 0 bridgehead atoms. The summed E-state index contributed by atoms with van der Waals surface area (Å²) in [5.74, 6) is -0.801. The third kappa shape index (κ3) is 5.99. The van der Waals surface area contributed by atoms with E-state index in [0.29, 0.717) is 55.7 Å². The second-order valence-corrected chi connectivity index (χ2v) is 10.3. The Kier molecular flexibility index (Phi) is 8.26. The molecule has 4 heterocycles. The number of rotatable bonds is 6. The number of aromatic amines is 1. The largest absolute Gasteiger partial charge is 0.367 e. The summed E-state index contributed by atoms with van der Waals surface area (Å²) in [7, 11) is 1.99. The Bertz CT molecular complexity index is 1630. The summed E-state index contributed by atoms with van der Waals surface area (Å²) in [5, 5.41) is 11.9. The highest BCUT2D eigenvalue weighted by Crippen LogP contribution is 2.36. The first kappa shape index (κ1) is 28.8. The summed E-state index contributed by atoms with van der Waals surface area (Å²) in [6.07, 6.45) is 1.89. The number of benzene rings is 1. The quantitative estimate of drug-likeness (QED) is 0.453. The number of pyridine rings is 1. The zero-order valence-electron chi connectivity index (χ0n) is 23.1. The van der Waals surface area contributed by atoms with E-state index in [-0.39, 0.29) is 35.2 Å². The number of carbonyl (C=O) groups excluding carboxylic acids is 1. The van der Waals surface area contributed by atoms with E-state index in [1.807, 2.05) is 35.9 Å². The van der Waals surface area contributed by atoms with Crippen LogP contribution < -0.4 is 20.7 Å². The molecule has 2 aliphatic heterocycles. The Balaban J connectivity index is 1.52. The number of aromatic nitrogens is 3. The lowest BCUT2D eigenvalue weighted by Gasteiger charge is -2.40. The van der Waals surface area contributed by atoms with Gasteiger partial charge < -0.3 is 25.0 Å². The number of halogens is 3. The molecule has 1 fully saturated rings. The van der Waals surface area contributed by atoms with E-state index in [9.17, 15) is 23.6 Å². The summed E-state index contributed by atoms with van der Waals surface area (Å²) in [6, 6.07) is 7.33. The summed E-state index contributed by atoms with van der Waals surface area (Å²) in [4.78, 5) is 41.5. The molecule has 10 nitrogen and oxygen atoms in total. The van der Waals surface area contributed by atoms with Gasteiger partial charge in [-0.3, -0.25) is 9.59 Å². The van der Waals surface area contributed by atoms with E-state index in [1.165, 1.54) is 18.3 Å². The molecule has 218 valence electrons. The SMILES string of the molecule is CC1CN(c2cc(F)c(C3=CCCN(c4ccnc(C#N)n4)C3)cc2NC(=O)c2c[nH]c(=O)cc2C(F)F)CCN1C.